The number of ether oxygens (including phenoxy) is 1. The summed E-state index contributed by atoms with van der Waals surface area (Å²) in [6.07, 6.45) is 0. The largest absolute Gasteiger partial charge is 0.481 e. The van der Waals surface area contributed by atoms with Crippen molar-refractivity contribution in [3.05, 3.63) is 75.4 Å². The number of aliphatic carboxylic acids is 1. The molecule has 3 aromatic rings. The maximum atomic E-state index is 12.7. The lowest BCUT2D eigenvalue weighted by molar-refractivity contribution is -0.132. The highest BCUT2D eigenvalue weighted by molar-refractivity contribution is 8.03. The number of nitrogens with one attached hydrogen (secondary N) is 1. The summed E-state index contributed by atoms with van der Waals surface area (Å²) in [4.78, 5) is 24.7. The number of amides is 1. The maximum Gasteiger partial charge on any atom is 0.334 e. The van der Waals surface area contributed by atoms with E-state index in [4.69, 9.17) is 16.3 Å². The first kappa shape index (κ1) is 19.4. The number of methoxy groups -OCH3 is 1. The van der Waals surface area contributed by atoms with Crippen LogP contribution >= 0.6 is 23.4 Å². The summed E-state index contributed by atoms with van der Waals surface area (Å²) in [5, 5.41) is 17.6. The number of carbonyl (C=O) groups excluding carboxylic acids is 1. The molecule has 1 aliphatic rings. The molecule has 4 rings (SSSR count). The highest BCUT2D eigenvalue weighted by atomic mass is 35.5. The average Bonchev–Trinajstić information content (AvgIpc) is 3.32. The molecule has 7 nitrogen and oxygen atoms in total. The minimum atomic E-state index is -1.07. The lowest BCUT2D eigenvalue weighted by Crippen LogP contribution is -2.24. The summed E-state index contributed by atoms with van der Waals surface area (Å²) in [6.45, 7) is 0. The predicted octanol–water partition coefficient (Wildman–Crippen LogP) is 3.55. The number of carboxylic acid groups (broad SMARTS) is 1. The fourth-order valence-corrected chi connectivity index (χ4v) is 4.58. The molecule has 2 aromatic heterocycles. The van der Waals surface area contributed by atoms with Crippen LogP contribution in [-0.2, 0) is 4.79 Å². The van der Waals surface area contributed by atoms with Gasteiger partial charge in [0.1, 0.15) is 0 Å². The van der Waals surface area contributed by atoms with Gasteiger partial charge in [-0.1, -0.05) is 29.8 Å². The number of carbonyl (C=O) groups is 2. The number of aromatic nitrogens is 2. The first-order chi connectivity index (χ1) is 14.0. The fraction of sp³-hybridized carbons (Fsp3) is 0.150. The van der Waals surface area contributed by atoms with Crippen LogP contribution in [0.1, 0.15) is 22.0 Å². The lowest BCUT2D eigenvalue weighted by Gasteiger charge is -2.12. The highest BCUT2D eigenvalue weighted by Gasteiger charge is 2.33. The third-order valence-corrected chi connectivity index (χ3v) is 5.97. The molecule has 29 heavy (non-hydrogen) atoms. The van der Waals surface area contributed by atoms with E-state index in [0.717, 1.165) is 5.56 Å². The number of nitrogens with zero attached hydrogens (tertiary/aromatic N) is 2. The van der Waals surface area contributed by atoms with Gasteiger partial charge in [-0.15, -0.1) is 11.8 Å². The van der Waals surface area contributed by atoms with Gasteiger partial charge in [0.05, 0.1) is 23.2 Å². The second-order valence-corrected chi connectivity index (χ2v) is 7.82. The van der Waals surface area contributed by atoms with Crippen molar-refractivity contribution in [3.63, 3.8) is 0 Å². The molecule has 0 bridgehead atoms. The van der Waals surface area contributed by atoms with Gasteiger partial charge in [0.2, 0.25) is 5.88 Å². The quantitative estimate of drug-likeness (QED) is 0.644. The first-order valence-corrected chi connectivity index (χ1v) is 10.0. The van der Waals surface area contributed by atoms with Crippen molar-refractivity contribution in [2.45, 2.75) is 5.92 Å². The second-order valence-electron chi connectivity index (χ2n) is 6.35. The molecule has 148 valence electrons. The second kappa shape index (κ2) is 7.81. The topological polar surface area (TPSA) is 92.9 Å². The Labute approximate surface area is 175 Å². The Bertz CT molecular complexity index is 1140. The summed E-state index contributed by atoms with van der Waals surface area (Å²) in [5.74, 6) is -0.885. The zero-order chi connectivity index (χ0) is 20.5. The summed E-state index contributed by atoms with van der Waals surface area (Å²) in [5.41, 5.74) is 1.86. The van der Waals surface area contributed by atoms with E-state index >= 15 is 0 Å². The number of thioether (sulfide) groups is 1. The number of hydrogen-bond acceptors (Lipinski definition) is 5. The molecule has 9 heteroatoms. The van der Waals surface area contributed by atoms with Crippen molar-refractivity contribution in [1.82, 2.24) is 14.9 Å². The molecular formula is C20H16ClN3O4S. The lowest BCUT2D eigenvalue weighted by atomic mass is 9.93. The number of pyridine rings is 1. The standard InChI is InChI=1S/C20H16ClN3O4S/c1-28-16-4-2-3-13-9-15(23-24(13)16)18(25)22-19-17(20(26)27)14(10-29-19)11-5-7-12(21)8-6-11/h2-9,14H,10H2,1H3,(H,22,25)(H,26,27). The van der Waals surface area contributed by atoms with Gasteiger partial charge in [-0.3, -0.25) is 4.79 Å². The Balaban J connectivity index is 1.64. The van der Waals surface area contributed by atoms with E-state index in [1.54, 1.807) is 48.5 Å². The van der Waals surface area contributed by atoms with E-state index in [1.807, 2.05) is 0 Å². The van der Waals surface area contributed by atoms with E-state index < -0.39 is 11.9 Å². The van der Waals surface area contributed by atoms with Gasteiger partial charge in [0.15, 0.2) is 5.69 Å². The molecule has 2 N–H and O–H groups in total. The smallest absolute Gasteiger partial charge is 0.334 e. The number of hydrogen-bond donors (Lipinski definition) is 2. The minimum Gasteiger partial charge on any atom is -0.481 e. The van der Waals surface area contributed by atoms with Crippen molar-refractivity contribution >= 4 is 40.8 Å². The molecular weight excluding hydrogens is 414 g/mol. The van der Waals surface area contributed by atoms with Crippen LogP contribution in [-0.4, -0.2) is 39.5 Å². The zero-order valence-electron chi connectivity index (χ0n) is 15.3. The number of benzene rings is 1. The van der Waals surface area contributed by atoms with Crippen LogP contribution in [0.5, 0.6) is 5.88 Å². The van der Waals surface area contributed by atoms with Gasteiger partial charge in [0, 0.05) is 22.8 Å². The molecule has 0 fully saturated rings. The molecule has 1 atom stereocenters. The summed E-state index contributed by atoms with van der Waals surface area (Å²) < 4.78 is 6.76. The van der Waals surface area contributed by atoms with E-state index in [9.17, 15) is 14.7 Å². The van der Waals surface area contributed by atoms with E-state index in [0.29, 0.717) is 27.2 Å². The number of rotatable bonds is 5. The SMILES string of the molecule is COc1cccc2cc(C(=O)NC3=C(C(=O)O)C(c4ccc(Cl)cc4)CS3)nn12. The van der Waals surface area contributed by atoms with Crippen LogP contribution in [0.25, 0.3) is 5.52 Å². The number of carboxylic acids is 1. The third kappa shape index (κ3) is 3.68. The van der Waals surface area contributed by atoms with Gasteiger partial charge < -0.3 is 15.2 Å². The number of fused-ring (bicyclic) bond motifs is 1. The van der Waals surface area contributed by atoms with Crippen LogP contribution in [0.2, 0.25) is 5.02 Å². The molecule has 3 heterocycles. The molecule has 1 aliphatic heterocycles. The van der Waals surface area contributed by atoms with Gasteiger partial charge in [-0.05, 0) is 29.8 Å². The van der Waals surface area contributed by atoms with E-state index in [1.165, 1.54) is 23.4 Å². The van der Waals surface area contributed by atoms with Crippen LogP contribution in [0.4, 0.5) is 0 Å². The van der Waals surface area contributed by atoms with Gasteiger partial charge in [-0.2, -0.15) is 5.10 Å². The van der Waals surface area contributed by atoms with Crippen molar-refractivity contribution in [2.24, 2.45) is 0 Å². The third-order valence-electron chi connectivity index (χ3n) is 4.61. The normalized spacial score (nSPS) is 16.3. The van der Waals surface area contributed by atoms with Crippen LogP contribution < -0.4 is 10.1 Å². The van der Waals surface area contributed by atoms with Gasteiger partial charge in [0.25, 0.3) is 5.91 Å². The predicted molar refractivity (Wildman–Crippen MR) is 111 cm³/mol. The Hall–Kier alpha value is -2.97. The summed E-state index contributed by atoms with van der Waals surface area (Å²) >= 11 is 7.23. The number of halogens is 1. The van der Waals surface area contributed by atoms with Gasteiger partial charge in [-0.25, -0.2) is 9.31 Å². The molecule has 0 spiro atoms. The van der Waals surface area contributed by atoms with Crippen molar-refractivity contribution in [2.75, 3.05) is 12.9 Å². The maximum absolute atomic E-state index is 12.7. The minimum absolute atomic E-state index is 0.159. The van der Waals surface area contributed by atoms with E-state index in [2.05, 4.69) is 10.4 Å². The zero-order valence-corrected chi connectivity index (χ0v) is 16.8. The summed E-state index contributed by atoms with van der Waals surface area (Å²) in [7, 11) is 1.52. The Kier molecular flexibility index (Phi) is 5.21. The van der Waals surface area contributed by atoms with Crippen LogP contribution in [0.15, 0.2) is 59.1 Å². The molecule has 0 aliphatic carbocycles. The van der Waals surface area contributed by atoms with Crippen molar-refractivity contribution < 1.29 is 19.4 Å². The van der Waals surface area contributed by atoms with Crippen LogP contribution in [0.3, 0.4) is 0 Å². The Morgan fingerprint density at radius 1 is 1.28 bits per heavy atom. The molecule has 0 saturated heterocycles. The molecule has 0 saturated carbocycles. The molecule has 0 radical (unpaired) electrons. The Morgan fingerprint density at radius 2 is 2.03 bits per heavy atom. The van der Waals surface area contributed by atoms with Crippen LogP contribution in [0, 0.1) is 0 Å². The van der Waals surface area contributed by atoms with Crippen molar-refractivity contribution in [3.8, 4) is 5.88 Å². The highest BCUT2D eigenvalue weighted by Crippen LogP contribution is 2.41. The molecule has 1 aromatic carbocycles. The average molecular weight is 430 g/mol. The molecule has 1 amide bonds. The monoisotopic (exact) mass is 429 g/mol. The fourth-order valence-electron chi connectivity index (χ4n) is 3.22. The molecule has 1 unspecified atom stereocenters. The Morgan fingerprint density at radius 3 is 2.72 bits per heavy atom. The first-order valence-electron chi connectivity index (χ1n) is 8.68. The summed E-state index contributed by atoms with van der Waals surface area (Å²) in [6, 6.07) is 14.0. The van der Waals surface area contributed by atoms with Gasteiger partial charge >= 0.3 is 5.97 Å². The van der Waals surface area contributed by atoms with E-state index in [-0.39, 0.29) is 17.2 Å². The van der Waals surface area contributed by atoms with Crippen molar-refractivity contribution in [1.29, 1.82) is 0 Å².